The molecule has 0 saturated carbocycles. The van der Waals surface area contributed by atoms with E-state index in [1.165, 1.54) is 0 Å². The van der Waals surface area contributed by atoms with E-state index >= 15 is 0 Å². The van der Waals surface area contributed by atoms with Crippen LogP contribution in [0.5, 0.6) is 0 Å². The quantitative estimate of drug-likeness (QED) is 0.240. The molecule has 230 valence electrons. The van der Waals surface area contributed by atoms with E-state index in [1.54, 1.807) is 18.9 Å². The molecule has 3 aromatic carbocycles. The molecule has 3 heterocycles. The molecule has 1 saturated heterocycles. The zero-order valence-electron chi connectivity index (χ0n) is 25.5. The maximum Gasteiger partial charge on any atom is 0.246 e. The van der Waals surface area contributed by atoms with Gasteiger partial charge in [-0.15, -0.1) is 12.4 Å². The molecule has 4 N–H and O–H groups in total. The summed E-state index contributed by atoms with van der Waals surface area (Å²) in [4.78, 5) is 47.4. The van der Waals surface area contributed by atoms with E-state index in [4.69, 9.17) is 0 Å². The Kier molecular flexibility index (Phi) is 8.86. The third-order valence-electron chi connectivity index (χ3n) is 9.16. The van der Waals surface area contributed by atoms with Crippen LogP contribution in [0, 0.1) is 5.41 Å². The maximum atomic E-state index is 14.5. The molecule has 0 radical (unpaired) electrons. The third-order valence-corrected chi connectivity index (χ3v) is 9.16. The number of aromatic nitrogens is 1. The highest BCUT2D eigenvalue weighted by molar-refractivity contribution is 5.96. The number of aromatic amines is 1. The lowest BCUT2D eigenvalue weighted by molar-refractivity contribution is -0.145. The van der Waals surface area contributed by atoms with Gasteiger partial charge < -0.3 is 25.8 Å². The van der Waals surface area contributed by atoms with Crippen LogP contribution in [0.25, 0.3) is 10.9 Å². The molecule has 44 heavy (non-hydrogen) atoms. The Labute approximate surface area is 264 Å². The van der Waals surface area contributed by atoms with E-state index in [9.17, 15) is 14.4 Å². The van der Waals surface area contributed by atoms with Gasteiger partial charge in [0, 0.05) is 23.0 Å². The number of para-hydroxylation sites is 1. The topological polar surface area (TPSA) is 106 Å². The Bertz CT molecular complexity index is 1620. The van der Waals surface area contributed by atoms with Crippen molar-refractivity contribution >= 4 is 41.0 Å². The Hall–Kier alpha value is -4.14. The van der Waals surface area contributed by atoms with Gasteiger partial charge in [-0.05, 0) is 48.6 Å². The molecular weight excluding hydrogens is 574 g/mol. The summed E-state index contributed by atoms with van der Waals surface area (Å²) in [6.07, 6.45) is 0.949. The number of fused-ring (bicyclic) bond motifs is 5. The summed E-state index contributed by atoms with van der Waals surface area (Å²) in [7, 11) is 1.71. The number of halogens is 1. The molecule has 6 rings (SSSR count). The number of carbonyl (C=O) groups is 3. The number of carbonyl (C=O) groups excluding carboxylic acids is 3. The van der Waals surface area contributed by atoms with Gasteiger partial charge in [0.2, 0.25) is 17.7 Å². The second kappa shape index (κ2) is 12.5. The zero-order chi connectivity index (χ0) is 30.3. The molecule has 0 spiro atoms. The smallest absolute Gasteiger partial charge is 0.246 e. The molecule has 1 fully saturated rings. The lowest BCUT2D eigenvalue weighted by Crippen LogP contribution is -2.57. The van der Waals surface area contributed by atoms with Gasteiger partial charge in [0.25, 0.3) is 0 Å². The predicted octanol–water partition coefficient (Wildman–Crippen LogP) is 4.81. The summed E-state index contributed by atoms with van der Waals surface area (Å²) >= 11 is 0. The highest BCUT2D eigenvalue weighted by atomic mass is 35.5. The van der Waals surface area contributed by atoms with Gasteiger partial charge in [0.1, 0.15) is 12.1 Å². The summed E-state index contributed by atoms with van der Waals surface area (Å²) in [5.74, 6) is -0.711. The number of rotatable bonds is 7. The van der Waals surface area contributed by atoms with Crippen molar-refractivity contribution in [1.82, 2.24) is 25.8 Å². The molecule has 3 amide bonds. The fraction of sp³-hybridized carbons (Fsp3) is 0.343. The van der Waals surface area contributed by atoms with Crippen LogP contribution in [0.15, 0.2) is 84.9 Å². The van der Waals surface area contributed by atoms with Crippen LogP contribution in [-0.2, 0) is 20.8 Å². The summed E-state index contributed by atoms with van der Waals surface area (Å²) in [6.45, 7) is 5.87. The molecule has 2 aliphatic rings. The first kappa shape index (κ1) is 31.3. The van der Waals surface area contributed by atoms with Gasteiger partial charge in [-0.25, -0.2) is 0 Å². The lowest BCUT2D eigenvalue weighted by Gasteiger charge is -2.35. The van der Waals surface area contributed by atoms with Gasteiger partial charge in [-0.2, -0.15) is 0 Å². The first-order chi connectivity index (χ1) is 20.7. The molecule has 2 unspecified atom stereocenters. The van der Waals surface area contributed by atoms with Crippen LogP contribution in [0.2, 0.25) is 0 Å². The monoisotopic (exact) mass is 613 g/mol. The average Bonchev–Trinajstić information content (AvgIpc) is 3.50. The Balaban J connectivity index is 0.00000384. The van der Waals surface area contributed by atoms with E-state index in [2.05, 4.69) is 40.8 Å². The third kappa shape index (κ3) is 5.60. The molecule has 1 aromatic heterocycles. The van der Waals surface area contributed by atoms with E-state index in [-0.39, 0.29) is 42.2 Å². The van der Waals surface area contributed by atoms with Crippen molar-refractivity contribution in [2.45, 2.75) is 63.8 Å². The van der Waals surface area contributed by atoms with Gasteiger partial charge in [0.15, 0.2) is 0 Å². The van der Waals surface area contributed by atoms with Gasteiger partial charge in [0.05, 0.1) is 18.1 Å². The number of hydrogen-bond acceptors (Lipinski definition) is 4. The van der Waals surface area contributed by atoms with Crippen molar-refractivity contribution in [2.24, 2.45) is 5.41 Å². The first-order valence-electron chi connectivity index (χ1n) is 15.0. The summed E-state index contributed by atoms with van der Waals surface area (Å²) < 4.78 is 0. The van der Waals surface area contributed by atoms with Crippen molar-refractivity contribution in [1.29, 1.82) is 0 Å². The van der Waals surface area contributed by atoms with Crippen LogP contribution >= 0.6 is 12.4 Å². The van der Waals surface area contributed by atoms with Crippen molar-refractivity contribution in [3.8, 4) is 0 Å². The number of hydrogen-bond donors (Lipinski definition) is 4. The standard InChI is InChI=1S/C35H39N5O3.ClH/c1-21(36-4)32(41)38-27-19-25-24-17-11-12-18-26(24)37-30(25)28-20-35(2,3)31(40(28)34(27)43)33(42)39-29(22-13-7-5-8-14-22)23-15-9-6-10-16-23;/h5-18,21,27-29,31,36-37H,19-20H2,1-4H3,(H,38,41)(H,39,42);1H/t21-,27-,28?,31?;/m0./s1. The van der Waals surface area contributed by atoms with Crippen LogP contribution in [-0.4, -0.2) is 52.8 Å². The molecule has 8 nitrogen and oxygen atoms in total. The largest absolute Gasteiger partial charge is 0.356 e. The summed E-state index contributed by atoms with van der Waals surface area (Å²) in [5.41, 5.74) is 4.32. The highest BCUT2D eigenvalue weighted by Gasteiger charge is 2.56. The predicted molar refractivity (Wildman–Crippen MR) is 174 cm³/mol. The summed E-state index contributed by atoms with van der Waals surface area (Å²) in [5, 5.41) is 10.3. The van der Waals surface area contributed by atoms with E-state index < -0.39 is 23.5 Å². The van der Waals surface area contributed by atoms with Crippen molar-refractivity contribution in [3.05, 3.63) is 107 Å². The molecule has 9 heteroatoms. The normalized spacial score (nSPS) is 21.2. The molecule has 4 aromatic rings. The summed E-state index contributed by atoms with van der Waals surface area (Å²) in [6, 6.07) is 25.1. The van der Waals surface area contributed by atoms with Crippen molar-refractivity contribution in [2.75, 3.05) is 7.05 Å². The molecule has 0 aliphatic carbocycles. The second-order valence-electron chi connectivity index (χ2n) is 12.5. The maximum absolute atomic E-state index is 14.5. The van der Waals surface area contributed by atoms with Crippen LogP contribution in [0.1, 0.15) is 61.7 Å². The molecule has 2 aliphatic heterocycles. The number of nitrogens with one attached hydrogen (secondary N) is 4. The van der Waals surface area contributed by atoms with E-state index in [0.717, 1.165) is 33.3 Å². The number of likely N-dealkylation sites (N-methyl/N-ethyl adjacent to an activating group) is 1. The highest BCUT2D eigenvalue weighted by Crippen LogP contribution is 2.50. The van der Waals surface area contributed by atoms with E-state index in [0.29, 0.717) is 12.8 Å². The number of amides is 3. The SMILES string of the molecule is CN[C@@H](C)C(=O)N[C@H]1Cc2c([nH]c3ccccc23)C2CC(C)(C)C(C(=O)NC(c3ccccc3)c3ccccc3)N2C1=O.Cl. The van der Waals surface area contributed by atoms with Gasteiger partial charge in [-0.3, -0.25) is 14.4 Å². The lowest BCUT2D eigenvalue weighted by atomic mass is 9.81. The van der Waals surface area contributed by atoms with E-state index in [1.807, 2.05) is 78.9 Å². The zero-order valence-corrected chi connectivity index (χ0v) is 26.3. The van der Waals surface area contributed by atoms with Gasteiger partial charge >= 0.3 is 0 Å². The number of H-pyrrole nitrogens is 1. The fourth-order valence-electron chi connectivity index (χ4n) is 6.88. The molecular formula is C35H40ClN5O3. The fourth-order valence-corrected chi connectivity index (χ4v) is 6.88. The van der Waals surface area contributed by atoms with Crippen LogP contribution in [0.3, 0.4) is 0 Å². The Morgan fingerprint density at radius 2 is 1.52 bits per heavy atom. The molecule has 4 atom stereocenters. The first-order valence-corrected chi connectivity index (χ1v) is 15.0. The minimum Gasteiger partial charge on any atom is -0.356 e. The minimum absolute atomic E-state index is 0. The van der Waals surface area contributed by atoms with Crippen LogP contribution in [0.4, 0.5) is 0 Å². The Morgan fingerprint density at radius 3 is 2.14 bits per heavy atom. The van der Waals surface area contributed by atoms with Gasteiger partial charge in [-0.1, -0.05) is 92.7 Å². The minimum atomic E-state index is -0.811. The number of benzene rings is 3. The van der Waals surface area contributed by atoms with Crippen LogP contribution < -0.4 is 16.0 Å². The van der Waals surface area contributed by atoms with Crippen molar-refractivity contribution < 1.29 is 14.4 Å². The Morgan fingerprint density at radius 1 is 0.932 bits per heavy atom. The average molecular weight is 614 g/mol. The van der Waals surface area contributed by atoms with Crippen molar-refractivity contribution in [3.63, 3.8) is 0 Å². The molecule has 0 bridgehead atoms. The number of nitrogens with zero attached hydrogens (tertiary/aromatic N) is 1. The second-order valence-corrected chi connectivity index (χ2v) is 12.5.